The predicted molar refractivity (Wildman–Crippen MR) is 67.2 cm³/mol. The highest BCUT2D eigenvalue weighted by Crippen LogP contribution is 2.25. The first-order valence-electron chi connectivity index (χ1n) is 6.32. The van der Waals surface area contributed by atoms with Crippen molar-refractivity contribution in [3.05, 3.63) is 11.7 Å². The van der Waals surface area contributed by atoms with Gasteiger partial charge >= 0.3 is 5.97 Å². The van der Waals surface area contributed by atoms with Crippen molar-refractivity contribution in [2.24, 2.45) is 11.3 Å². The molecule has 0 radical (unpaired) electrons. The number of carboxylic acid groups (broad SMARTS) is 1. The van der Waals surface area contributed by atoms with Crippen LogP contribution in [0.1, 0.15) is 52.3 Å². The Morgan fingerprint density at radius 2 is 2.11 bits per heavy atom. The maximum atomic E-state index is 10.7. The molecule has 1 heterocycles. The largest absolute Gasteiger partial charge is 0.481 e. The number of rotatable bonds is 7. The summed E-state index contributed by atoms with van der Waals surface area (Å²) < 4.78 is 5.16. The summed E-state index contributed by atoms with van der Waals surface area (Å²) in [6, 6.07) is 0. The smallest absolute Gasteiger partial charge is 0.303 e. The molecule has 0 unspecified atom stereocenters. The van der Waals surface area contributed by atoms with E-state index in [2.05, 4.69) is 24.0 Å². The minimum Gasteiger partial charge on any atom is -0.481 e. The first-order valence-corrected chi connectivity index (χ1v) is 6.32. The highest BCUT2D eigenvalue weighted by Gasteiger charge is 2.25. The molecule has 0 amide bonds. The van der Waals surface area contributed by atoms with E-state index in [4.69, 9.17) is 9.63 Å². The molecule has 0 aliphatic heterocycles. The van der Waals surface area contributed by atoms with Gasteiger partial charge in [0.2, 0.25) is 5.89 Å². The molecule has 0 bridgehead atoms. The summed E-state index contributed by atoms with van der Waals surface area (Å²) >= 11 is 0. The van der Waals surface area contributed by atoms with Crippen LogP contribution in [0.2, 0.25) is 0 Å². The van der Waals surface area contributed by atoms with E-state index >= 15 is 0 Å². The van der Waals surface area contributed by atoms with Crippen LogP contribution in [0.4, 0.5) is 0 Å². The number of aliphatic carboxylic acids is 1. The summed E-state index contributed by atoms with van der Waals surface area (Å²) in [4.78, 5) is 15.0. The van der Waals surface area contributed by atoms with Gasteiger partial charge < -0.3 is 9.63 Å². The molecule has 0 aliphatic carbocycles. The fourth-order valence-electron chi connectivity index (χ4n) is 1.76. The van der Waals surface area contributed by atoms with Crippen LogP contribution in [0.5, 0.6) is 0 Å². The molecule has 1 rings (SSSR count). The van der Waals surface area contributed by atoms with Crippen molar-refractivity contribution in [2.45, 2.75) is 53.4 Å². The standard InChI is InChI=1S/C13H22N2O3/c1-9(2)5-6-10-14-11(18-15-10)7-13(3,4)8-12(16)17/h9H,5-8H2,1-4H3,(H,16,17). The molecule has 1 N–H and O–H groups in total. The maximum Gasteiger partial charge on any atom is 0.303 e. The van der Waals surface area contributed by atoms with E-state index in [0.717, 1.165) is 12.8 Å². The Balaban J connectivity index is 2.55. The average Bonchev–Trinajstić information content (AvgIpc) is 2.59. The van der Waals surface area contributed by atoms with E-state index in [1.807, 2.05) is 13.8 Å². The highest BCUT2D eigenvalue weighted by atomic mass is 16.5. The van der Waals surface area contributed by atoms with Gasteiger partial charge in [0.25, 0.3) is 0 Å². The van der Waals surface area contributed by atoms with Crippen molar-refractivity contribution in [3.63, 3.8) is 0 Å². The second-order valence-corrected chi connectivity index (χ2v) is 5.95. The summed E-state index contributed by atoms with van der Waals surface area (Å²) in [5, 5.41) is 12.7. The molecule has 18 heavy (non-hydrogen) atoms. The topological polar surface area (TPSA) is 76.2 Å². The van der Waals surface area contributed by atoms with Gasteiger partial charge in [-0.15, -0.1) is 0 Å². The second-order valence-electron chi connectivity index (χ2n) is 5.95. The van der Waals surface area contributed by atoms with Crippen molar-refractivity contribution < 1.29 is 14.4 Å². The van der Waals surface area contributed by atoms with Crippen LogP contribution in [-0.2, 0) is 17.6 Å². The van der Waals surface area contributed by atoms with E-state index in [9.17, 15) is 4.79 Å². The molecular formula is C13H22N2O3. The molecule has 0 aromatic carbocycles. The van der Waals surface area contributed by atoms with Crippen LogP contribution >= 0.6 is 0 Å². The molecule has 1 aromatic rings. The molecule has 0 saturated heterocycles. The van der Waals surface area contributed by atoms with Crippen LogP contribution in [0.15, 0.2) is 4.52 Å². The minimum atomic E-state index is -0.806. The second kappa shape index (κ2) is 5.98. The lowest BCUT2D eigenvalue weighted by Gasteiger charge is -2.19. The van der Waals surface area contributed by atoms with Crippen LogP contribution in [0.3, 0.4) is 0 Å². The van der Waals surface area contributed by atoms with Crippen molar-refractivity contribution in [3.8, 4) is 0 Å². The third kappa shape index (κ3) is 5.29. The van der Waals surface area contributed by atoms with Crippen LogP contribution < -0.4 is 0 Å². The monoisotopic (exact) mass is 254 g/mol. The van der Waals surface area contributed by atoms with E-state index < -0.39 is 5.97 Å². The zero-order valence-corrected chi connectivity index (χ0v) is 11.6. The summed E-state index contributed by atoms with van der Waals surface area (Å²) in [7, 11) is 0. The Hall–Kier alpha value is -1.39. The van der Waals surface area contributed by atoms with Gasteiger partial charge in [0, 0.05) is 12.8 Å². The Morgan fingerprint density at radius 3 is 2.67 bits per heavy atom. The third-order valence-corrected chi connectivity index (χ3v) is 2.72. The lowest BCUT2D eigenvalue weighted by molar-refractivity contribution is -0.139. The van der Waals surface area contributed by atoms with Gasteiger partial charge in [-0.2, -0.15) is 4.98 Å². The highest BCUT2D eigenvalue weighted by molar-refractivity contribution is 5.67. The molecule has 5 heteroatoms. The molecule has 5 nitrogen and oxygen atoms in total. The maximum absolute atomic E-state index is 10.7. The van der Waals surface area contributed by atoms with Gasteiger partial charge in [0.1, 0.15) is 0 Å². The molecule has 0 atom stereocenters. The predicted octanol–water partition coefficient (Wildman–Crippen LogP) is 2.70. The van der Waals surface area contributed by atoms with E-state index in [0.29, 0.717) is 24.1 Å². The zero-order valence-electron chi connectivity index (χ0n) is 11.6. The summed E-state index contributed by atoms with van der Waals surface area (Å²) in [5.41, 5.74) is -0.367. The van der Waals surface area contributed by atoms with Crippen molar-refractivity contribution >= 4 is 5.97 Å². The fraction of sp³-hybridized carbons (Fsp3) is 0.769. The molecule has 0 aliphatic rings. The fourth-order valence-corrected chi connectivity index (χ4v) is 1.76. The van der Waals surface area contributed by atoms with Crippen LogP contribution in [0.25, 0.3) is 0 Å². The van der Waals surface area contributed by atoms with Crippen molar-refractivity contribution in [1.82, 2.24) is 10.1 Å². The number of carbonyl (C=O) groups is 1. The van der Waals surface area contributed by atoms with Gasteiger partial charge in [-0.25, -0.2) is 0 Å². The quantitative estimate of drug-likeness (QED) is 0.809. The third-order valence-electron chi connectivity index (χ3n) is 2.72. The van der Waals surface area contributed by atoms with Crippen LogP contribution in [-0.4, -0.2) is 21.2 Å². The van der Waals surface area contributed by atoms with Gasteiger partial charge in [-0.3, -0.25) is 4.79 Å². The van der Waals surface area contributed by atoms with Crippen LogP contribution in [0, 0.1) is 11.3 Å². The number of aromatic nitrogens is 2. The first-order chi connectivity index (χ1) is 8.28. The lowest BCUT2D eigenvalue weighted by atomic mass is 9.86. The van der Waals surface area contributed by atoms with Crippen molar-refractivity contribution in [1.29, 1.82) is 0 Å². The van der Waals surface area contributed by atoms with E-state index in [1.165, 1.54) is 0 Å². The molecule has 102 valence electrons. The molecule has 0 saturated carbocycles. The number of hydrogen-bond acceptors (Lipinski definition) is 4. The summed E-state index contributed by atoms with van der Waals surface area (Å²) in [6.07, 6.45) is 2.42. The summed E-state index contributed by atoms with van der Waals surface area (Å²) in [5.74, 6) is 1.04. The van der Waals surface area contributed by atoms with E-state index in [-0.39, 0.29) is 11.8 Å². The number of hydrogen-bond donors (Lipinski definition) is 1. The van der Waals surface area contributed by atoms with Gasteiger partial charge in [0.05, 0.1) is 6.42 Å². The number of carboxylic acids is 1. The lowest BCUT2D eigenvalue weighted by Crippen LogP contribution is -2.19. The first kappa shape index (κ1) is 14.7. The molecule has 0 fully saturated rings. The Kier molecular flexibility index (Phi) is 4.87. The Morgan fingerprint density at radius 1 is 1.44 bits per heavy atom. The summed E-state index contributed by atoms with van der Waals surface area (Å²) in [6.45, 7) is 8.08. The normalized spacial score (nSPS) is 12.1. The van der Waals surface area contributed by atoms with Gasteiger partial charge in [-0.1, -0.05) is 32.9 Å². The number of nitrogens with zero attached hydrogens (tertiary/aromatic N) is 2. The van der Waals surface area contributed by atoms with Crippen molar-refractivity contribution in [2.75, 3.05) is 0 Å². The Bertz CT molecular complexity index is 397. The van der Waals surface area contributed by atoms with Gasteiger partial charge in [0.15, 0.2) is 5.82 Å². The molecule has 1 aromatic heterocycles. The molecular weight excluding hydrogens is 232 g/mol. The van der Waals surface area contributed by atoms with Gasteiger partial charge in [-0.05, 0) is 17.8 Å². The number of aryl methyl sites for hydroxylation is 1. The van der Waals surface area contributed by atoms with E-state index in [1.54, 1.807) is 0 Å². The Labute approximate surface area is 108 Å². The average molecular weight is 254 g/mol. The SMILES string of the molecule is CC(C)CCc1noc(CC(C)(C)CC(=O)O)n1. The molecule has 0 spiro atoms. The minimum absolute atomic E-state index is 0.0940. The zero-order chi connectivity index (χ0) is 13.8.